The standard InChI is InChI=1S/C30H47NO9/c1-28-9-6-18(31(38-3)27-26(36)25(35)24(34)22(14-32)40-27)13-17(28)4-5-21-20(28)7-10-29(2)19(8-11-30(21,29)37)16-12-23(33)39-15-16/h12,17-22,24-27,32,34-37H,4-11,13-15H2,1-3H3/t17?,18-,19-,20?,21?,22-,24-,25-,26-,27?,28+,29-,30+/m1/s1. The molecule has 6 rings (SSSR count). The number of aliphatic hydroxyl groups is 5. The SMILES string of the molecule is CON(C1O[C@H](CO)[C@@H](O)[C@@H](O)[C@H]1O)[C@@H]1CC[C@@]2(C)C(CCC3C2CC[C@]2(C)[C@@H](C4=CC(=O)OC4)CC[C@]32O)C1. The monoisotopic (exact) mass is 565 g/mol. The van der Waals surface area contributed by atoms with Gasteiger partial charge in [-0.2, -0.15) is 5.06 Å². The Balaban J connectivity index is 1.19. The van der Waals surface area contributed by atoms with E-state index in [2.05, 4.69) is 13.8 Å². The first kappa shape index (κ1) is 29.0. The maximum absolute atomic E-state index is 12.4. The van der Waals surface area contributed by atoms with Crippen molar-refractivity contribution in [3.05, 3.63) is 11.6 Å². The number of nitrogens with zero attached hydrogens (tertiary/aromatic N) is 1. The van der Waals surface area contributed by atoms with E-state index in [1.165, 1.54) is 7.11 Å². The van der Waals surface area contributed by atoms with Gasteiger partial charge in [0.05, 0.1) is 19.3 Å². The highest BCUT2D eigenvalue weighted by molar-refractivity contribution is 5.85. The molecule has 0 aromatic carbocycles. The van der Waals surface area contributed by atoms with Crippen LogP contribution in [0.2, 0.25) is 0 Å². The molecule has 0 aromatic rings. The number of hydrogen-bond acceptors (Lipinski definition) is 10. The second-order valence-electron chi connectivity index (χ2n) is 14.0. The lowest BCUT2D eigenvalue weighted by atomic mass is 9.43. The van der Waals surface area contributed by atoms with E-state index in [-0.39, 0.29) is 34.7 Å². The van der Waals surface area contributed by atoms with Crippen LogP contribution in [0, 0.1) is 34.5 Å². The number of carbonyl (C=O) groups excluding carboxylic acids is 1. The minimum Gasteiger partial charge on any atom is -0.458 e. The fourth-order valence-electron chi connectivity index (χ4n) is 10.4. The molecule has 5 N–H and O–H groups in total. The zero-order chi connectivity index (χ0) is 28.6. The Labute approximate surface area is 236 Å². The van der Waals surface area contributed by atoms with Crippen LogP contribution in [-0.2, 0) is 19.1 Å². The number of fused-ring (bicyclic) bond motifs is 5. The van der Waals surface area contributed by atoms with E-state index in [1.807, 2.05) is 0 Å². The van der Waals surface area contributed by atoms with Crippen LogP contribution in [0.4, 0.5) is 0 Å². The van der Waals surface area contributed by atoms with Gasteiger partial charge in [-0.1, -0.05) is 13.8 Å². The van der Waals surface area contributed by atoms with Gasteiger partial charge in [-0.25, -0.2) is 4.79 Å². The van der Waals surface area contributed by atoms with E-state index in [0.717, 1.165) is 63.4 Å². The number of aliphatic hydroxyl groups excluding tert-OH is 4. The van der Waals surface area contributed by atoms with Crippen LogP contribution in [0.3, 0.4) is 0 Å². The lowest BCUT2D eigenvalue weighted by Gasteiger charge is -2.64. The van der Waals surface area contributed by atoms with Gasteiger partial charge in [-0.05, 0) is 92.4 Å². The Morgan fingerprint density at radius 3 is 2.45 bits per heavy atom. The molecule has 0 aromatic heterocycles. The zero-order valence-corrected chi connectivity index (χ0v) is 23.9. The molecule has 4 unspecified atom stereocenters. The molecule has 10 nitrogen and oxygen atoms in total. The third-order valence-electron chi connectivity index (χ3n) is 12.6. The fourth-order valence-corrected chi connectivity index (χ4v) is 10.4. The fraction of sp³-hybridized carbons (Fsp3) is 0.900. The highest BCUT2D eigenvalue weighted by Crippen LogP contribution is 2.70. The van der Waals surface area contributed by atoms with Crippen molar-refractivity contribution in [1.82, 2.24) is 5.06 Å². The summed E-state index contributed by atoms with van der Waals surface area (Å²) < 4.78 is 11.1. The largest absolute Gasteiger partial charge is 0.458 e. The first-order valence-electron chi connectivity index (χ1n) is 15.2. The minimum atomic E-state index is -1.45. The summed E-state index contributed by atoms with van der Waals surface area (Å²) in [6, 6.07) is -0.0549. The topological polar surface area (TPSA) is 149 Å². The van der Waals surface area contributed by atoms with Crippen LogP contribution >= 0.6 is 0 Å². The van der Waals surface area contributed by atoms with Gasteiger partial charge in [0.25, 0.3) is 0 Å². The van der Waals surface area contributed by atoms with E-state index < -0.39 is 42.9 Å². The van der Waals surface area contributed by atoms with Crippen LogP contribution in [0.25, 0.3) is 0 Å². The molecule has 0 amide bonds. The van der Waals surface area contributed by atoms with Gasteiger partial charge in [-0.15, -0.1) is 0 Å². The van der Waals surface area contributed by atoms with E-state index >= 15 is 0 Å². The second kappa shape index (κ2) is 10.3. The summed E-state index contributed by atoms with van der Waals surface area (Å²) in [6.07, 6.45) is 3.63. The van der Waals surface area contributed by atoms with Crippen molar-refractivity contribution in [2.45, 2.75) is 114 Å². The van der Waals surface area contributed by atoms with Crippen LogP contribution in [0.1, 0.15) is 71.6 Å². The number of rotatable bonds is 5. The van der Waals surface area contributed by atoms with Gasteiger partial charge in [0.1, 0.15) is 31.0 Å². The van der Waals surface area contributed by atoms with Crippen LogP contribution in [-0.4, -0.2) is 99.2 Å². The molecule has 2 aliphatic heterocycles. The summed E-state index contributed by atoms with van der Waals surface area (Å²) >= 11 is 0. The molecule has 6 aliphatic rings. The minimum absolute atomic E-state index is 0.0549. The first-order valence-corrected chi connectivity index (χ1v) is 15.2. The van der Waals surface area contributed by atoms with Crippen LogP contribution in [0.5, 0.6) is 0 Å². The van der Waals surface area contributed by atoms with E-state index in [0.29, 0.717) is 18.4 Å². The lowest BCUT2D eigenvalue weighted by Crippen LogP contribution is -2.66. The lowest BCUT2D eigenvalue weighted by molar-refractivity contribution is -0.344. The van der Waals surface area contributed by atoms with E-state index in [9.17, 15) is 30.3 Å². The Kier molecular flexibility index (Phi) is 7.43. The van der Waals surface area contributed by atoms with Gasteiger partial charge >= 0.3 is 5.97 Å². The molecule has 2 heterocycles. The molecule has 0 bridgehead atoms. The Bertz CT molecular complexity index is 1020. The Morgan fingerprint density at radius 2 is 1.77 bits per heavy atom. The quantitative estimate of drug-likeness (QED) is 0.244. The van der Waals surface area contributed by atoms with Crippen molar-refractivity contribution in [1.29, 1.82) is 0 Å². The van der Waals surface area contributed by atoms with Gasteiger partial charge in [0, 0.05) is 17.5 Å². The molecule has 1 saturated heterocycles. The summed E-state index contributed by atoms with van der Waals surface area (Å²) in [5.74, 6) is 0.949. The first-order chi connectivity index (χ1) is 19.0. The van der Waals surface area contributed by atoms with Crippen molar-refractivity contribution < 1.29 is 44.6 Å². The molecule has 10 heteroatoms. The molecule has 226 valence electrons. The average molecular weight is 566 g/mol. The van der Waals surface area contributed by atoms with Gasteiger partial charge in [-0.3, -0.25) is 4.84 Å². The predicted molar refractivity (Wildman–Crippen MR) is 142 cm³/mol. The number of hydrogen-bond donors (Lipinski definition) is 5. The van der Waals surface area contributed by atoms with Crippen molar-refractivity contribution in [3.8, 4) is 0 Å². The third-order valence-corrected chi connectivity index (χ3v) is 12.6. The number of ether oxygens (including phenoxy) is 2. The summed E-state index contributed by atoms with van der Waals surface area (Å²) in [4.78, 5) is 17.6. The maximum atomic E-state index is 12.4. The molecule has 40 heavy (non-hydrogen) atoms. The maximum Gasteiger partial charge on any atom is 0.331 e. The van der Waals surface area contributed by atoms with E-state index in [1.54, 1.807) is 11.1 Å². The van der Waals surface area contributed by atoms with E-state index in [4.69, 9.17) is 14.3 Å². The smallest absolute Gasteiger partial charge is 0.331 e. The molecular weight excluding hydrogens is 518 g/mol. The van der Waals surface area contributed by atoms with Crippen LogP contribution < -0.4 is 0 Å². The van der Waals surface area contributed by atoms with Gasteiger partial charge in [0.15, 0.2) is 6.23 Å². The molecule has 13 atom stereocenters. The van der Waals surface area contributed by atoms with Crippen LogP contribution in [0.15, 0.2) is 11.6 Å². The molecule has 0 radical (unpaired) electrons. The molecule has 5 fully saturated rings. The summed E-state index contributed by atoms with van der Waals surface area (Å²) in [7, 11) is 1.53. The van der Waals surface area contributed by atoms with Gasteiger partial charge < -0.3 is 35.0 Å². The van der Waals surface area contributed by atoms with Gasteiger partial charge in [0.2, 0.25) is 0 Å². The highest BCUT2D eigenvalue weighted by atomic mass is 16.7. The number of esters is 1. The summed E-state index contributed by atoms with van der Waals surface area (Å²) in [5, 5.41) is 55.1. The number of cyclic esters (lactones) is 1. The second-order valence-corrected chi connectivity index (χ2v) is 14.0. The third kappa shape index (κ3) is 4.08. The Hall–Kier alpha value is -1.11. The van der Waals surface area contributed by atoms with Crippen molar-refractivity contribution in [2.75, 3.05) is 20.3 Å². The predicted octanol–water partition coefficient (Wildman–Crippen LogP) is 1.28. The van der Waals surface area contributed by atoms with Crippen molar-refractivity contribution in [3.63, 3.8) is 0 Å². The average Bonchev–Trinajstić information content (AvgIpc) is 3.48. The Morgan fingerprint density at radius 1 is 1.00 bits per heavy atom. The van der Waals surface area contributed by atoms with Crippen molar-refractivity contribution in [2.24, 2.45) is 34.5 Å². The summed E-state index contributed by atoms with van der Waals surface area (Å²) in [6.45, 7) is 4.53. The molecule has 4 saturated carbocycles. The highest BCUT2D eigenvalue weighted by Gasteiger charge is 2.68. The molecule has 0 spiro atoms. The molecular formula is C30H47NO9. The normalized spacial score (nSPS) is 52.5. The van der Waals surface area contributed by atoms with Crippen molar-refractivity contribution >= 4 is 5.97 Å². The number of hydroxylamine groups is 2. The number of carbonyl (C=O) groups is 1. The zero-order valence-electron chi connectivity index (χ0n) is 23.9. The molecule has 4 aliphatic carbocycles. The summed E-state index contributed by atoms with van der Waals surface area (Å²) in [5.41, 5.74) is 0.0988.